The Morgan fingerprint density at radius 2 is 0.877 bits per heavy atom. The molecule has 73 heavy (non-hydrogen) atoms. The molecule has 0 saturated heterocycles. The van der Waals surface area contributed by atoms with Crippen LogP contribution in [0.25, 0.3) is 11.1 Å². The molecule has 0 aromatic heterocycles. The summed E-state index contributed by atoms with van der Waals surface area (Å²) in [5, 5.41) is 0. The topological polar surface area (TPSA) is 6.48 Å². The van der Waals surface area contributed by atoms with Gasteiger partial charge < -0.3 is 9.80 Å². The number of aryl methyl sites for hydroxylation is 2. The molecular formula is C70H79BN2. The van der Waals surface area contributed by atoms with Crippen LogP contribution in [0, 0.1) is 13.8 Å². The fourth-order valence-electron chi connectivity index (χ4n) is 15.0. The van der Waals surface area contributed by atoms with Gasteiger partial charge in [-0.15, -0.1) is 0 Å². The van der Waals surface area contributed by atoms with Gasteiger partial charge in [0.15, 0.2) is 0 Å². The van der Waals surface area contributed by atoms with E-state index in [9.17, 15) is 4.11 Å². The maximum absolute atomic E-state index is 9.39. The first-order valence-electron chi connectivity index (χ1n) is 29.0. The first-order valence-corrected chi connectivity index (χ1v) is 27.5. The maximum atomic E-state index is 9.39. The van der Waals surface area contributed by atoms with Crippen LogP contribution in [-0.2, 0) is 37.9 Å². The molecule has 7 aromatic carbocycles. The van der Waals surface area contributed by atoms with E-state index in [-0.39, 0.29) is 44.6 Å². The minimum absolute atomic E-state index is 0.0316. The summed E-state index contributed by atoms with van der Waals surface area (Å²) >= 11 is 0. The highest BCUT2D eigenvalue weighted by molar-refractivity contribution is 7.00. The van der Waals surface area contributed by atoms with Crippen LogP contribution in [0.2, 0.25) is 0 Å². The summed E-state index contributed by atoms with van der Waals surface area (Å²) in [4.78, 5) is 5.04. The Labute approximate surface area is 444 Å². The normalized spacial score (nSPS) is 20.6. The van der Waals surface area contributed by atoms with Crippen molar-refractivity contribution in [1.82, 2.24) is 0 Å². The summed E-state index contributed by atoms with van der Waals surface area (Å²) in [5.41, 5.74) is 24.3. The predicted octanol–water partition coefficient (Wildman–Crippen LogP) is 17.0. The van der Waals surface area contributed by atoms with Gasteiger partial charge in [-0.3, -0.25) is 0 Å². The second-order valence-electron chi connectivity index (χ2n) is 27.7. The molecule has 0 amide bonds. The van der Waals surface area contributed by atoms with Gasteiger partial charge >= 0.3 is 0 Å². The smallest absolute Gasteiger partial charge is 0.252 e. The van der Waals surface area contributed by atoms with E-state index < -0.39 is 6.85 Å². The molecule has 0 saturated carbocycles. The van der Waals surface area contributed by atoms with Crippen molar-refractivity contribution in [2.24, 2.45) is 0 Å². The van der Waals surface area contributed by atoms with E-state index in [0.29, 0.717) is 5.56 Å². The minimum atomic E-state index is -2.40. The van der Waals surface area contributed by atoms with Crippen LogP contribution in [0.5, 0.6) is 0 Å². The van der Waals surface area contributed by atoms with Crippen molar-refractivity contribution in [3.63, 3.8) is 0 Å². The van der Waals surface area contributed by atoms with Gasteiger partial charge in [0.25, 0.3) is 6.71 Å². The SMILES string of the molecule is [2H]C([2H])([2H])c1cc2c3c(c1)N(c1ccc(C(C)(C)c4ccccc4)cc1-c1ccccc1)c1cc4c(cc1B3c1cc3c(cc1N2c1cc2c(cc1C)C(C)(C)CCC2(C)C)C(C)(C)CC3(C)C)C(C)(C)CCC4(C)C. The highest BCUT2D eigenvalue weighted by atomic mass is 15.2. The zero-order valence-corrected chi connectivity index (χ0v) is 46.6. The maximum Gasteiger partial charge on any atom is 0.252 e. The lowest BCUT2D eigenvalue weighted by molar-refractivity contribution is 0.332. The van der Waals surface area contributed by atoms with Gasteiger partial charge in [-0.2, -0.15) is 0 Å². The number of benzene rings is 7. The monoisotopic (exact) mass is 962 g/mol. The first kappa shape index (κ1) is 44.7. The predicted molar refractivity (Wildman–Crippen MR) is 315 cm³/mol. The Morgan fingerprint density at radius 1 is 0.438 bits per heavy atom. The third-order valence-corrected chi connectivity index (χ3v) is 19.5. The molecule has 0 fully saturated rings. The van der Waals surface area contributed by atoms with Gasteiger partial charge in [0, 0.05) is 43.5 Å². The van der Waals surface area contributed by atoms with E-state index in [1.165, 1.54) is 72.1 Å². The van der Waals surface area contributed by atoms with Crippen LogP contribution >= 0.6 is 0 Å². The summed E-state index contributed by atoms with van der Waals surface area (Å²) in [6.45, 7) is 33.5. The lowest BCUT2D eigenvalue weighted by atomic mass is 9.32. The average Bonchev–Trinajstić information content (AvgIpc) is 3.71. The Morgan fingerprint density at radius 3 is 1.40 bits per heavy atom. The Balaban J connectivity index is 1.25. The molecule has 2 heterocycles. The van der Waals surface area contributed by atoms with Gasteiger partial charge in [-0.25, -0.2) is 0 Å². The van der Waals surface area contributed by atoms with E-state index in [0.717, 1.165) is 71.7 Å². The van der Waals surface area contributed by atoms with Crippen molar-refractivity contribution in [1.29, 1.82) is 0 Å². The molecule has 0 unspecified atom stereocenters. The molecule has 0 N–H and O–H groups in total. The number of hydrogen-bond acceptors (Lipinski definition) is 2. The summed E-state index contributed by atoms with van der Waals surface area (Å²) < 4.78 is 28.2. The van der Waals surface area contributed by atoms with Crippen LogP contribution in [0.15, 0.2) is 127 Å². The molecule has 12 rings (SSSR count). The average molecular weight is 962 g/mol. The molecule has 5 aliphatic rings. The molecule has 7 aromatic rings. The van der Waals surface area contributed by atoms with Gasteiger partial charge in [0.2, 0.25) is 0 Å². The second-order valence-corrected chi connectivity index (χ2v) is 27.7. The molecule has 0 radical (unpaired) electrons. The van der Waals surface area contributed by atoms with Crippen molar-refractivity contribution in [2.75, 3.05) is 9.80 Å². The molecule has 3 aliphatic carbocycles. The minimum Gasteiger partial charge on any atom is -0.311 e. The highest BCUT2D eigenvalue weighted by Gasteiger charge is 2.50. The number of hydrogen-bond donors (Lipinski definition) is 0. The molecular weight excluding hydrogens is 880 g/mol. The Kier molecular flexibility index (Phi) is 9.56. The van der Waals surface area contributed by atoms with Crippen molar-refractivity contribution < 1.29 is 4.11 Å². The zero-order chi connectivity index (χ0) is 54.2. The number of nitrogens with zero attached hydrogens (tertiary/aromatic N) is 2. The van der Waals surface area contributed by atoms with E-state index in [2.05, 4.69) is 241 Å². The van der Waals surface area contributed by atoms with Gasteiger partial charge in [-0.05, 0) is 198 Å². The number of anilines is 6. The van der Waals surface area contributed by atoms with E-state index in [1.54, 1.807) is 0 Å². The molecule has 3 heteroatoms. The summed E-state index contributed by atoms with van der Waals surface area (Å²) in [6.07, 6.45) is 5.47. The lowest BCUT2D eigenvalue weighted by Crippen LogP contribution is -2.62. The number of fused-ring (bicyclic) bond motifs is 7. The Bertz CT molecular complexity index is 3550. The zero-order valence-electron chi connectivity index (χ0n) is 49.6. The van der Waals surface area contributed by atoms with Gasteiger partial charge in [0.1, 0.15) is 0 Å². The van der Waals surface area contributed by atoms with E-state index >= 15 is 0 Å². The van der Waals surface area contributed by atoms with Crippen molar-refractivity contribution in [3.8, 4) is 11.1 Å². The standard InChI is InChI=1S/C70H79BN2/c1-43-33-61-63-62(34-43)73(58-39-52-49(35-44(58)2)64(3,4)29-31-66(52,7)8)60-41-54-51(68(11,12)42-69(54,13)14)38-56(60)71(63)55-37-50-53(67(9,10)32-30-65(50,5)6)40-59(55)72(61)57-28-27-47(36-48(57)45-23-19-17-20-24-45)70(15,16)46-25-21-18-22-26-46/h17-28,33-41H,29-32,42H2,1-16H3/i1D3. The first-order chi connectivity index (χ1) is 35.4. The molecule has 2 aliphatic heterocycles. The fraction of sp³-hybridized carbons (Fsp3) is 0.400. The second kappa shape index (κ2) is 15.6. The highest BCUT2D eigenvalue weighted by Crippen LogP contribution is 2.56. The largest absolute Gasteiger partial charge is 0.311 e. The number of rotatable bonds is 5. The van der Waals surface area contributed by atoms with Gasteiger partial charge in [-0.1, -0.05) is 182 Å². The Hall–Kier alpha value is -5.80. The van der Waals surface area contributed by atoms with Crippen molar-refractivity contribution in [2.45, 2.75) is 181 Å². The van der Waals surface area contributed by atoms with Crippen molar-refractivity contribution in [3.05, 3.63) is 183 Å². The molecule has 372 valence electrons. The van der Waals surface area contributed by atoms with Crippen LogP contribution in [0.4, 0.5) is 34.1 Å². The van der Waals surface area contributed by atoms with Crippen LogP contribution in [0.3, 0.4) is 0 Å². The quantitative estimate of drug-likeness (QED) is 0.159. The summed E-state index contributed by atoms with van der Waals surface area (Å²) in [5.74, 6) is 0. The summed E-state index contributed by atoms with van der Waals surface area (Å²) in [7, 11) is 0. The summed E-state index contributed by atoms with van der Waals surface area (Å²) in [6, 6.07) is 48.3. The third kappa shape index (κ3) is 7.16. The van der Waals surface area contributed by atoms with Crippen molar-refractivity contribution >= 4 is 57.2 Å². The van der Waals surface area contributed by atoms with E-state index in [1.807, 2.05) is 0 Å². The van der Waals surface area contributed by atoms with E-state index in [4.69, 9.17) is 0 Å². The fourth-order valence-corrected chi connectivity index (χ4v) is 15.0. The molecule has 0 spiro atoms. The van der Waals surface area contributed by atoms with Crippen LogP contribution < -0.4 is 26.2 Å². The molecule has 2 nitrogen and oxygen atoms in total. The third-order valence-electron chi connectivity index (χ3n) is 19.5. The van der Waals surface area contributed by atoms with Crippen LogP contribution in [0.1, 0.15) is 189 Å². The van der Waals surface area contributed by atoms with Crippen LogP contribution in [-0.4, -0.2) is 6.71 Å². The van der Waals surface area contributed by atoms with Gasteiger partial charge in [0.05, 0.1) is 5.69 Å². The molecule has 0 atom stereocenters. The lowest BCUT2D eigenvalue weighted by Gasteiger charge is -2.48. The molecule has 0 bridgehead atoms.